The van der Waals surface area contributed by atoms with Crippen LogP contribution in [0.5, 0.6) is 0 Å². The van der Waals surface area contributed by atoms with Crippen LogP contribution in [0, 0.1) is 0 Å². The number of nitrogens with two attached hydrogens (primary N) is 1. The van der Waals surface area contributed by atoms with Gasteiger partial charge in [-0.15, -0.1) is 11.3 Å². The minimum atomic E-state index is 0.0249. The topological polar surface area (TPSA) is 64.1 Å². The first-order chi connectivity index (χ1) is 8.25. The Morgan fingerprint density at radius 2 is 2.47 bits per heavy atom. The highest BCUT2D eigenvalue weighted by Gasteiger charge is 2.05. The van der Waals surface area contributed by atoms with E-state index in [1.807, 2.05) is 19.1 Å². The molecule has 0 aromatic carbocycles. The summed E-state index contributed by atoms with van der Waals surface area (Å²) in [5.74, 6) is 1.01. The molecule has 0 aliphatic carbocycles. The van der Waals surface area contributed by atoms with E-state index in [1.54, 1.807) is 17.6 Å². The zero-order chi connectivity index (χ0) is 12.1. The maximum absolute atomic E-state index is 5.76. The molecule has 5 heteroatoms. The van der Waals surface area contributed by atoms with Crippen molar-refractivity contribution in [2.75, 3.05) is 6.54 Å². The van der Waals surface area contributed by atoms with Crippen molar-refractivity contribution in [3.05, 3.63) is 40.2 Å². The molecule has 0 aliphatic heterocycles. The normalized spacial score (nSPS) is 12.8. The van der Waals surface area contributed by atoms with Crippen LogP contribution in [0.15, 0.2) is 28.2 Å². The number of hydrogen-bond acceptors (Lipinski definition) is 5. The zero-order valence-corrected chi connectivity index (χ0v) is 10.7. The molecule has 0 saturated heterocycles. The SMILES string of the molecule is CC(N)c1nc(CNCCc2ccco2)cs1. The van der Waals surface area contributed by atoms with Crippen LogP contribution in [0.3, 0.4) is 0 Å². The lowest BCUT2D eigenvalue weighted by Gasteiger charge is -2.01. The number of furan rings is 1. The first-order valence-electron chi connectivity index (χ1n) is 5.68. The van der Waals surface area contributed by atoms with E-state index < -0.39 is 0 Å². The van der Waals surface area contributed by atoms with Crippen LogP contribution in [0.1, 0.15) is 29.4 Å². The summed E-state index contributed by atoms with van der Waals surface area (Å²) in [6, 6.07) is 3.92. The summed E-state index contributed by atoms with van der Waals surface area (Å²) >= 11 is 1.62. The quantitative estimate of drug-likeness (QED) is 0.772. The molecule has 0 saturated carbocycles. The summed E-state index contributed by atoms with van der Waals surface area (Å²) < 4.78 is 5.25. The van der Waals surface area contributed by atoms with Crippen LogP contribution < -0.4 is 11.1 Å². The second kappa shape index (κ2) is 5.95. The van der Waals surface area contributed by atoms with E-state index in [4.69, 9.17) is 10.2 Å². The van der Waals surface area contributed by atoms with E-state index in [0.717, 1.165) is 36.0 Å². The van der Waals surface area contributed by atoms with E-state index >= 15 is 0 Å². The van der Waals surface area contributed by atoms with Gasteiger partial charge in [0.1, 0.15) is 10.8 Å². The zero-order valence-electron chi connectivity index (χ0n) is 9.85. The summed E-state index contributed by atoms with van der Waals surface area (Å²) in [6.07, 6.45) is 2.60. The molecule has 4 nitrogen and oxygen atoms in total. The van der Waals surface area contributed by atoms with E-state index in [-0.39, 0.29) is 6.04 Å². The van der Waals surface area contributed by atoms with Gasteiger partial charge in [0.2, 0.25) is 0 Å². The lowest BCUT2D eigenvalue weighted by molar-refractivity contribution is 0.498. The molecule has 0 radical (unpaired) electrons. The van der Waals surface area contributed by atoms with Crippen LogP contribution >= 0.6 is 11.3 Å². The fraction of sp³-hybridized carbons (Fsp3) is 0.417. The molecule has 0 fully saturated rings. The number of aromatic nitrogens is 1. The molecule has 2 aromatic heterocycles. The van der Waals surface area contributed by atoms with E-state index in [9.17, 15) is 0 Å². The maximum Gasteiger partial charge on any atom is 0.109 e. The standard InChI is InChI=1S/C12H17N3OS/c1-9(13)12-15-10(8-17-12)7-14-5-4-11-3-2-6-16-11/h2-3,6,8-9,14H,4-5,7,13H2,1H3. The van der Waals surface area contributed by atoms with Crippen molar-refractivity contribution in [3.63, 3.8) is 0 Å². The van der Waals surface area contributed by atoms with Gasteiger partial charge in [0, 0.05) is 24.9 Å². The van der Waals surface area contributed by atoms with E-state index in [1.165, 1.54) is 0 Å². The molecule has 2 rings (SSSR count). The smallest absolute Gasteiger partial charge is 0.109 e. The molecule has 92 valence electrons. The third kappa shape index (κ3) is 3.66. The highest BCUT2D eigenvalue weighted by Crippen LogP contribution is 2.15. The van der Waals surface area contributed by atoms with Crippen molar-refractivity contribution in [1.82, 2.24) is 10.3 Å². The third-order valence-electron chi connectivity index (χ3n) is 2.39. The first-order valence-corrected chi connectivity index (χ1v) is 6.56. The third-order valence-corrected chi connectivity index (χ3v) is 3.49. The number of nitrogens with zero attached hydrogens (tertiary/aromatic N) is 1. The van der Waals surface area contributed by atoms with Crippen molar-refractivity contribution in [2.24, 2.45) is 5.73 Å². The lowest BCUT2D eigenvalue weighted by Crippen LogP contribution is -2.17. The molecular weight excluding hydrogens is 234 g/mol. The van der Waals surface area contributed by atoms with Crippen LogP contribution in [0.4, 0.5) is 0 Å². The van der Waals surface area contributed by atoms with Gasteiger partial charge in [-0.25, -0.2) is 4.98 Å². The minimum absolute atomic E-state index is 0.0249. The number of rotatable bonds is 6. The second-order valence-corrected chi connectivity index (χ2v) is 4.86. The molecule has 0 aliphatic rings. The molecule has 0 bridgehead atoms. The number of hydrogen-bond donors (Lipinski definition) is 2. The highest BCUT2D eigenvalue weighted by atomic mass is 32.1. The Morgan fingerprint density at radius 3 is 3.12 bits per heavy atom. The van der Waals surface area contributed by atoms with Crippen LogP contribution in [-0.4, -0.2) is 11.5 Å². The lowest BCUT2D eigenvalue weighted by atomic mass is 10.3. The molecule has 17 heavy (non-hydrogen) atoms. The van der Waals surface area contributed by atoms with Crippen molar-refractivity contribution < 1.29 is 4.42 Å². The highest BCUT2D eigenvalue weighted by molar-refractivity contribution is 7.09. The Balaban J connectivity index is 1.71. The number of thiazole rings is 1. The molecule has 1 atom stereocenters. The van der Waals surface area contributed by atoms with Crippen LogP contribution in [0.25, 0.3) is 0 Å². The van der Waals surface area contributed by atoms with Crippen LogP contribution in [-0.2, 0) is 13.0 Å². The average Bonchev–Trinajstić information content (AvgIpc) is 2.96. The predicted octanol–water partition coefficient (Wildman–Crippen LogP) is 2.09. The first kappa shape index (κ1) is 12.3. The van der Waals surface area contributed by atoms with Gasteiger partial charge >= 0.3 is 0 Å². The molecule has 2 heterocycles. The van der Waals surface area contributed by atoms with Crippen molar-refractivity contribution >= 4 is 11.3 Å². The Bertz CT molecular complexity index is 436. The van der Waals surface area contributed by atoms with Gasteiger partial charge in [-0.05, 0) is 19.1 Å². The van der Waals surface area contributed by atoms with Gasteiger partial charge in [0.15, 0.2) is 0 Å². The van der Waals surface area contributed by atoms with E-state index in [0.29, 0.717) is 0 Å². The summed E-state index contributed by atoms with van der Waals surface area (Å²) in [4.78, 5) is 4.45. The van der Waals surface area contributed by atoms with Crippen molar-refractivity contribution in [3.8, 4) is 0 Å². The largest absolute Gasteiger partial charge is 0.469 e. The summed E-state index contributed by atoms with van der Waals surface area (Å²) in [5, 5.41) is 6.38. The van der Waals surface area contributed by atoms with Gasteiger partial charge in [0.05, 0.1) is 18.0 Å². The van der Waals surface area contributed by atoms with Crippen molar-refractivity contribution in [1.29, 1.82) is 0 Å². The summed E-state index contributed by atoms with van der Waals surface area (Å²) in [7, 11) is 0. The maximum atomic E-state index is 5.76. The van der Waals surface area contributed by atoms with Gasteiger partial charge in [-0.1, -0.05) is 0 Å². The average molecular weight is 251 g/mol. The molecule has 3 N–H and O–H groups in total. The Hall–Kier alpha value is -1.17. The summed E-state index contributed by atoms with van der Waals surface area (Å²) in [5.41, 5.74) is 6.82. The molecule has 0 amide bonds. The monoisotopic (exact) mass is 251 g/mol. The van der Waals surface area contributed by atoms with Gasteiger partial charge in [0.25, 0.3) is 0 Å². The Kier molecular flexibility index (Phi) is 4.30. The molecule has 0 spiro atoms. The van der Waals surface area contributed by atoms with Gasteiger partial charge < -0.3 is 15.5 Å². The van der Waals surface area contributed by atoms with Gasteiger partial charge in [-0.3, -0.25) is 0 Å². The van der Waals surface area contributed by atoms with E-state index in [2.05, 4.69) is 15.7 Å². The molecular formula is C12H17N3OS. The van der Waals surface area contributed by atoms with Crippen LogP contribution in [0.2, 0.25) is 0 Å². The predicted molar refractivity (Wildman–Crippen MR) is 68.8 cm³/mol. The molecule has 2 aromatic rings. The Labute approximate surface area is 105 Å². The van der Waals surface area contributed by atoms with Gasteiger partial charge in [-0.2, -0.15) is 0 Å². The molecule has 1 unspecified atom stereocenters. The second-order valence-electron chi connectivity index (χ2n) is 3.97. The summed E-state index contributed by atoms with van der Waals surface area (Å²) in [6.45, 7) is 3.62. The van der Waals surface area contributed by atoms with Crippen molar-refractivity contribution in [2.45, 2.75) is 25.9 Å². The number of nitrogens with one attached hydrogen (secondary N) is 1. The fourth-order valence-electron chi connectivity index (χ4n) is 1.50. The minimum Gasteiger partial charge on any atom is -0.469 e. The fourth-order valence-corrected chi connectivity index (χ4v) is 2.27. The Morgan fingerprint density at radius 1 is 1.59 bits per heavy atom.